The van der Waals surface area contributed by atoms with Crippen LogP contribution in [0.2, 0.25) is 0 Å². The molecule has 1 aliphatic carbocycles. The van der Waals surface area contributed by atoms with E-state index in [1.54, 1.807) is 0 Å². The predicted octanol–water partition coefficient (Wildman–Crippen LogP) is 0.992. The van der Waals surface area contributed by atoms with E-state index in [4.69, 9.17) is 0 Å². The summed E-state index contributed by atoms with van der Waals surface area (Å²) in [5.74, 6) is 2.29. The number of hydrogen-bond acceptors (Lipinski definition) is 3. The molecule has 0 aromatic carbocycles. The molecule has 3 aliphatic rings. The molecule has 0 radical (unpaired) electrons. The molecule has 2 aliphatic heterocycles. The Hall–Kier alpha value is -1.30. The number of carbonyl (C=O) groups excluding carboxylic acids is 1. The third-order valence-electron chi connectivity index (χ3n) is 5.48. The lowest BCUT2D eigenvalue weighted by Gasteiger charge is -2.37. The number of hydrogen-bond donors (Lipinski definition) is 1. The normalized spacial score (nSPS) is 23.5. The first-order valence-corrected chi connectivity index (χ1v) is 9.72. The molecular formula is C18H33N5O. The van der Waals surface area contributed by atoms with Crippen LogP contribution in [0, 0.1) is 5.92 Å². The highest BCUT2D eigenvalue weighted by Gasteiger charge is 2.24. The van der Waals surface area contributed by atoms with Gasteiger partial charge in [0.15, 0.2) is 5.96 Å². The molecule has 0 aromatic rings. The third kappa shape index (κ3) is 5.10. The van der Waals surface area contributed by atoms with E-state index in [9.17, 15) is 4.79 Å². The molecule has 3 fully saturated rings. The van der Waals surface area contributed by atoms with Crippen LogP contribution in [0.4, 0.5) is 0 Å². The largest absolute Gasteiger partial charge is 0.356 e. The van der Waals surface area contributed by atoms with Crippen LogP contribution in [0.25, 0.3) is 0 Å². The van der Waals surface area contributed by atoms with Crippen molar-refractivity contribution in [1.82, 2.24) is 20.0 Å². The zero-order valence-corrected chi connectivity index (χ0v) is 15.2. The van der Waals surface area contributed by atoms with Gasteiger partial charge in [-0.1, -0.05) is 12.8 Å². The van der Waals surface area contributed by atoms with Gasteiger partial charge >= 0.3 is 0 Å². The van der Waals surface area contributed by atoms with Crippen LogP contribution in [-0.4, -0.2) is 86.0 Å². The first kappa shape index (κ1) is 17.5. The molecule has 24 heavy (non-hydrogen) atoms. The van der Waals surface area contributed by atoms with Crippen molar-refractivity contribution in [3.63, 3.8) is 0 Å². The Balaban J connectivity index is 1.36. The van der Waals surface area contributed by atoms with E-state index in [0.717, 1.165) is 57.7 Å². The molecule has 0 aromatic heterocycles. The van der Waals surface area contributed by atoms with Crippen LogP contribution in [0.5, 0.6) is 0 Å². The van der Waals surface area contributed by atoms with E-state index < -0.39 is 0 Å². The monoisotopic (exact) mass is 335 g/mol. The number of amides is 1. The first-order valence-electron chi connectivity index (χ1n) is 9.72. The van der Waals surface area contributed by atoms with Gasteiger partial charge in [0, 0.05) is 52.9 Å². The Labute approximate surface area is 146 Å². The minimum Gasteiger partial charge on any atom is -0.356 e. The van der Waals surface area contributed by atoms with Gasteiger partial charge in [-0.25, -0.2) is 0 Å². The second-order valence-electron chi connectivity index (χ2n) is 7.41. The SMILES string of the molecule is CN=C(NCCC1CC1)N1CCN(CC(=O)N2CCCCC2)CC1. The molecule has 1 amide bonds. The van der Waals surface area contributed by atoms with E-state index in [1.807, 2.05) is 11.9 Å². The summed E-state index contributed by atoms with van der Waals surface area (Å²) in [7, 11) is 1.87. The molecule has 3 rings (SSSR count). The molecule has 0 atom stereocenters. The topological polar surface area (TPSA) is 51.2 Å². The van der Waals surface area contributed by atoms with Gasteiger partial charge in [0.2, 0.25) is 5.91 Å². The average Bonchev–Trinajstić information content (AvgIpc) is 3.45. The van der Waals surface area contributed by atoms with Gasteiger partial charge in [0.25, 0.3) is 0 Å². The second kappa shape index (κ2) is 8.70. The van der Waals surface area contributed by atoms with Crippen molar-refractivity contribution in [2.75, 3.05) is 59.4 Å². The standard InChI is InChI=1S/C18H33N5O/c1-19-18(20-8-7-16-5-6-16)23-13-11-21(12-14-23)15-17(24)22-9-3-2-4-10-22/h16H,2-15H2,1H3,(H,19,20). The number of guanidine groups is 1. The lowest BCUT2D eigenvalue weighted by atomic mass is 10.1. The average molecular weight is 335 g/mol. The molecule has 1 N–H and O–H groups in total. The summed E-state index contributed by atoms with van der Waals surface area (Å²) in [5.41, 5.74) is 0. The van der Waals surface area contributed by atoms with Gasteiger partial charge in [-0.05, 0) is 31.6 Å². The predicted molar refractivity (Wildman–Crippen MR) is 97.1 cm³/mol. The molecule has 136 valence electrons. The fourth-order valence-corrected chi connectivity index (χ4v) is 3.68. The highest BCUT2D eigenvalue weighted by Crippen LogP contribution is 2.31. The van der Waals surface area contributed by atoms with Crippen molar-refractivity contribution < 1.29 is 4.79 Å². The van der Waals surface area contributed by atoms with Crippen molar-refractivity contribution in [2.24, 2.45) is 10.9 Å². The Bertz CT molecular complexity index is 435. The van der Waals surface area contributed by atoms with Crippen LogP contribution in [0.1, 0.15) is 38.5 Å². The number of nitrogens with one attached hydrogen (secondary N) is 1. The Morgan fingerprint density at radius 3 is 2.33 bits per heavy atom. The van der Waals surface area contributed by atoms with E-state index in [1.165, 1.54) is 38.5 Å². The molecule has 6 heteroatoms. The maximum Gasteiger partial charge on any atom is 0.236 e. The molecule has 0 bridgehead atoms. The first-order chi connectivity index (χ1) is 11.8. The Morgan fingerprint density at radius 1 is 1.00 bits per heavy atom. The Morgan fingerprint density at radius 2 is 1.71 bits per heavy atom. The molecular weight excluding hydrogens is 302 g/mol. The number of carbonyl (C=O) groups is 1. The summed E-state index contributed by atoms with van der Waals surface area (Å²) in [4.78, 5) is 23.5. The smallest absolute Gasteiger partial charge is 0.236 e. The van der Waals surface area contributed by atoms with Gasteiger partial charge in [-0.3, -0.25) is 14.7 Å². The number of piperazine rings is 1. The molecule has 1 saturated carbocycles. The number of likely N-dealkylation sites (tertiary alicyclic amines) is 1. The molecule has 6 nitrogen and oxygen atoms in total. The van der Waals surface area contributed by atoms with Crippen molar-refractivity contribution in [1.29, 1.82) is 0 Å². The second-order valence-corrected chi connectivity index (χ2v) is 7.41. The summed E-state index contributed by atoms with van der Waals surface area (Å²) in [6.45, 7) is 7.33. The van der Waals surface area contributed by atoms with Gasteiger partial charge in [-0.15, -0.1) is 0 Å². The quantitative estimate of drug-likeness (QED) is 0.601. The summed E-state index contributed by atoms with van der Waals surface area (Å²) < 4.78 is 0. The summed E-state index contributed by atoms with van der Waals surface area (Å²) in [6, 6.07) is 0. The lowest BCUT2D eigenvalue weighted by molar-refractivity contribution is -0.133. The Kier molecular flexibility index (Phi) is 6.35. The summed E-state index contributed by atoms with van der Waals surface area (Å²) in [6.07, 6.45) is 7.69. The van der Waals surface area contributed by atoms with E-state index in [2.05, 4.69) is 20.1 Å². The number of aliphatic imine (C=N–C) groups is 1. The van der Waals surface area contributed by atoms with E-state index in [-0.39, 0.29) is 0 Å². The molecule has 0 spiro atoms. The van der Waals surface area contributed by atoms with Crippen molar-refractivity contribution in [3.05, 3.63) is 0 Å². The minimum atomic E-state index is 0.315. The van der Waals surface area contributed by atoms with Crippen LogP contribution in [0.15, 0.2) is 4.99 Å². The molecule has 2 saturated heterocycles. The van der Waals surface area contributed by atoms with Crippen molar-refractivity contribution >= 4 is 11.9 Å². The minimum absolute atomic E-state index is 0.315. The zero-order valence-electron chi connectivity index (χ0n) is 15.2. The third-order valence-corrected chi connectivity index (χ3v) is 5.48. The van der Waals surface area contributed by atoms with Gasteiger partial charge in [0.1, 0.15) is 0 Å². The van der Waals surface area contributed by atoms with Gasteiger partial charge < -0.3 is 15.1 Å². The van der Waals surface area contributed by atoms with Crippen LogP contribution < -0.4 is 5.32 Å². The highest BCUT2D eigenvalue weighted by atomic mass is 16.2. The van der Waals surface area contributed by atoms with E-state index in [0.29, 0.717) is 12.5 Å². The van der Waals surface area contributed by atoms with Crippen LogP contribution in [0.3, 0.4) is 0 Å². The lowest BCUT2D eigenvalue weighted by Crippen LogP contribution is -2.54. The van der Waals surface area contributed by atoms with E-state index >= 15 is 0 Å². The maximum atomic E-state index is 12.4. The van der Waals surface area contributed by atoms with Crippen LogP contribution in [-0.2, 0) is 4.79 Å². The summed E-state index contributed by atoms with van der Waals surface area (Å²) in [5, 5.41) is 3.50. The van der Waals surface area contributed by atoms with Gasteiger partial charge in [0.05, 0.1) is 6.54 Å². The maximum absolute atomic E-state index is 12.4. The van der Waals surface area contributed by atoms with Crippen molar-refractivity contribution in [3.8, 4) is 0 Å². The van der Waals surface area contributed by atoms with Crippen LogP contribution >= 0.6 is 0 Å². The number of nitrogens with zero attached hydrogens (tertiary/aromatic N) is 4. The zero-order chi connectivity index (χ0) is 16.8. The van der Waals surface area contributed by atoms with Gasteiger partial charge in [-0.2, -0.15) is 0 Å². The molecule has 0 unspecified atom stereocenters. The molecule has 2 heterocycles. The number of piperidine rings is 1. The number of rotatable bonds is 5. The summed E-state index contributed by atoms with van der Waals surface area (Å²) >= 11 is 0. The fourth-order valence-electron chi connectivity index (χ4n) is 3.68. The fraction of sp³-hybridized carbons (Fsp3) is 0.889. The van der Waals surface area contributed by atoms with Crippen molar-refractivity contribution in [2.45, 2.75) is 38.5 Å². The highest BCUT2D eigenvalue weighted by molar-refractivity contribution is 5.80.